The van der Waals surface area contributed by atoms with E-state index in [-0.39, 0.29) is 0 Å². The molecule has 3 nitrogen and oxygen atoms in total. The van der Waals surface area contributed by atoms with Crippen molar-refractivity contribution in [2.45, 2.75) is 70.9 Å². The molecule has 21 heavy (non-hydrogen) atoms. The van der Waals surface area contributed by atoms with Crippen molar-refractivity contribution < 1.29 is 0 Å². The van der Waals surface area contributed by atoms with E-state index in [2.05, 4.69) is 43.1 Å². The predicted molar refractivity (Wildman–Crippen MR) is 91.8 cm³/mol. The first-order valence-electron chi connectivity index (χ1n) is 9.13. The molecule has 0 radical (unpaired) electrons. The summed E-state index contributed by atoms with van der Waals surface area (Å²) in [6, 6.07) is 1.38. The van der Waals surface area contributed by atoms with E-state index in [4.69, 9.17) is 0 Å². The Balaban J connectivity index is 1.95. The molecule has 2 aliphatic rings. The smallest absolute Gasteiger partial charge is 0.0229 e. The highest BCUT2D eigenvalue weighted by atomic mass is 15.2. The van der Waals surface area contributed by atoms with E-state index < -0.39 is 0 Å². The number of hydrogen-bond acceptors (Lipinski definition) is 3. The molecule has 1 aliphatic heterocycles. The van der Waals surface area contributed by atoms with Crippen LogP contribution in [-0.2, 0) is 0 Å². The molecule has 0 aromatic heterocycles. The Hall–Kier alpha value is -0.120. The van der Waals surface area contributed by atoms with Gasteiger partial charge in [0.2, 0.25) is 0 Å². The Bertz CT molecular complexity index is 293. The number of likely N-dealkylation sites (N-methyl/N-ethyl adjacent to an activating group) is 1. The molecule has 1 atom stereocenters. The monoisotopic (exact) mass is 295 g/mol. The minimum Gasteiger partial charge on any atom is -0.314 e. The van der Waals surface area contributed by atoms with Crippen LogP contribution in [0.15, 0.2) is 0 Å². The lowest BCUT2D eigenvalue weighted by molar-refractivity contribution is 0.136. The third kappa shape index (κ3) is 5.22. The Kier molecular flexibility index (Phi) is 6.51. The van der Waals surface area contributed by atoms with Gasteiger partial charge < -0.3 is 15.1 Å². The molecular formula is C18H37N3. The maximum absolute atomic E-state index is 3.75. The summed E-state index contributed by atoms with van der Waals surface area (Å²) in [7, 11) is 4.46. The highest BCUT2D eigenvalue weighted by molar-refractivity contribution is 4.91. The normalized spacial score (nSPS) is 27.4. The fourth-order valence-corrected chi connectivity index (χ4v) is 4.14. The molecule has 1 heterocycles. The van der Waals surface area contributed by atoms with Gasteiger partial charge >= 0.3 is 0 Å². The van der Waals surface area contributed by atoms with Crippen LogP contribution in [0, 0.1) is 5.41 Å². The van der Waals surface area contributed by atoms with Crippen LogP contribution in [0.2, 0.25) is 0 Å². The quantitative estimate of drug-likeness (QED) is 0.760. The van der Waals surface area contributed by atoms with Crippen LogP contribution in [0.4, 0.5) is 0 Å². The molecule has 2 rings (SSSR count). The van der Waals surface area contributed by atoms with Crippen molar-refractivity contribution in [2.24, 2.45) is 5.41 Å². The molecule has 1 saturated heterocycles. The number of nitrogens with zero attached hydrogens (tertiary/aromatic N) is 2. The number of likely N-dealkylation sites (tertiary alicyclic amines) is 1. The fraction of sp³-hybridized carbons (Fsp3) is 1.00. The van der Waals surface area contributed by atoms with E-state index in [1.165, 1.54) is 71.1 Å². The van der Waals surface area contributed by atoms with Crippen molar-refractivity contribution >= 4 is 0 Å². The lowest BCUT2D eigenvalue weighted by Gasteiger charge is -2.38. The molecule has 1 unspecified atom stereocenters. The second-order valence-corrected chi connectivity index (χ2v) is 8.09. The predicted octanol–water partition coefficient (Wildman–Crippen LogP) is 2.96. The van der Waals surface area contributed by atoms with Gasteiger partial charge in [0.15, 0.2) is 0 Å². The van der Waals surface area contributed by atoms with Gasteiger partial charge in [-0.25, -0.2) is 0 Å². The first-order chi connectivity index (χ1) is 10.0. The standard InChI is InChI=1S/C18H37N3/c1-16(2)19-14-18(10-7-5-6-8-11-18)15-21-12-9-17(13-21)20(3)4/h16-17,19H,5-15H2,1-4H3. The first-order valence-corrected chi connectivity index (χ1v) is 9.13. The van der Waals surface area contributed by atoms with E-state index in [1.807, 2.05) is 0 Å². The van der Waals surface area contributed by atoms with E-state index in [1.54, 1.807) is 0 Å². The molecule has 1 N–H and O–H groups in total. The summed E-state index contributed by atoms with van der Waals surface area (Å²) in [4.78, 5) is 5.16. The average molecular weight is 296 g/mol. The molecule has 2 fully saturated rings. The van der Waals surface area contributed by atoms with Gasteiger partial charge in [0.1, 0.15) is 0 Å². The topological polar surface area (TPSA) is 18.5 Å². The molecule has 0 aromatic carbocycles. The summed E-state index contributed by atoms with van der Waals surface area (Å²) >= 11 is 0. The van der Waals surface area contributed by atoms with Crippen LogP contribution in [0.3, 0.4) is 0 Å². The summed E-state index contributed by atoms with van der Waals surface area (Å²) in [5.74, 6) is 0. The van der Waals surface area contributed by atoms with Crippen molar-refractivity contribution in [3.05, 3.63) is 0 Å². The molecule has 0 aromatic rings. The van der Waals surface area contributed by atoms with Crippen molar-refractivity contribution in [1.29, 1.82) is 0 Å². The van der Waals surface area contributed by atoms with E-state index in [9.17, 15) is 0 Å². The van der Waals surface area contributed by atoms with E-state index in [0.717, 1.165) is 6.04 Å². The van der Waals surface area contributed by atoms with Gasteiger partial charge in [0, 0.05) is 31.7 Å². The van der Waals surface area contributed by atoms with Gasteiger partial charge in [-0.15, -0.1) is 0 Å². The molecule has 0 amide bonds. The van der Waals surface area contributed by atoms with Crippen molar-refractivity contribution in [3.8, 4) is 0 Å². The Labute approximate surface area is 132 Å². The van der Waals surface area contributed by atoms with Gasteiger partial charge in [-0.05, 0) is 45.3 Å². The second-order valence-electron chi connectivity index (χ2n) is 8.09. The zero-order valence-corrected chi connectivity index (χ0v) is 14.8. The van der Waals surface area contributed by atoms with Crippen LogP contribution < -0.4 is 5.32 Å². The summed E-state index contributed by atoms with van der Waals surface area (Å²) in [5.41, 5.74) is 0.530. The third-order valence-electron chi connectivity index (χ3n) is 5.59. The lowest BCUT2D eigenvalue weighted by Crippen LogP contribution is -2.45. The second kappa shape index (κ2) is 7.94. The Morgan fingerprint density at radius 1 is 1.14 bits per heavy atom. The Morgan fingerprint density at radius 2 is 1.81 bits per heavy atom. The van der Waals surface area contributed by atoms with Gasteiger partial charge in [-0.2, -0.15) is 0 Å². The van der Waals surface area contributed by atoms with Gasteiger partial charge in [-0.1, -0.05) is 39.5 Å². The first kappa shape index (κ1) is 17.2. The minimum absolute atomic E-state index is 0.530. The molecule has 3 heteroatoms. The largest absolute Gasteiger partial charge is 0.314 e. The highest BCUT2D eigenvalue weighted by Crippen LogP contribution is 2.36. The molecule has 1 saturated carbocycles. The number of rotatable bonds is 6. The van der Waals surface area contributed by atoms with Gasteiger partial charge in [0.05, 0.1) is 0 Å². The van der Waals surface area contributed by atoms with E-state index in [0.29, 0.717) is 11.5 Å². The van der Waals surface area contributed by atoms with Crippen LogP contribution in [0.1, 0.15) is 58.8 Å². The summed E-state index contributed by atoms with van der Waals surface area (Å²) in [5, 5.41) is 3.75. The highest BCUT2D eigenvalue weighted by Gasteiger charge is 2.35. The maximum atomic E-state index is 3.75. The summed E-state index contributed by atoms with van der Waals surface area (Å²) in [6.45, 7) is 9.66. The fourth-order valence-electron chi connectivity index (χ4n) is 4.14. The lowest BCUT2D eigenvalue weighted by atomic mass is 9.79. The van der Waals surface area contributed by atoms with Crippen LogP contribution in [0.5, 0.6) is 0 Å². The van der Waals surface area contributed by atoms with Gasteiger partial charge in [0.25, 0.3) is 0 Å². The molecule has 1 aliphatic carbocycles. The van der Waals surface area contributed by atoms with Crippen molar-refractivity contribution in [2.75, 3.05) is 40.3 Å². The van der Waals surface area contributed by atoms with Crippen LogP contribution in [0.25, 0.3) is 0 Å². The average Bonchev–Trinajstić information content (AvgIpc) is 2.76. The Morgan fingerprint density at radius 3 is 2.33 bits per heavy atom. The zero-order chi connectivity index (χ0) is 15.3. The number of nitrogens with one attached hydrogen (secondary N) is 1. The SMILES string of the molecule is CC(C)NCC1(CN2CCC(N(C)C)C2)CCCCCC1. The minimum atomic E-state index is 0.530. The van der Waals surface area contributed by atoms with Crippen molar-refractivity contribution in [3.63, 3.8) is 0 Å². The summed E-state index contributed by atoms with van der Waals surface area (Å²) in [6.07, 6.45) is 9.97. The summed E-state index contributed by atoms with van der Waals surface area (Å²) < 4.78 is 0. The van der Waals surface area contributed by atoms with Crippen LogP contribution in [-0.4, -0.2) is 62.2 Å². The zero-order valence-electron chi connectivity index (χ0n) is 14.8. The molecule has 0 spiro atoms. The molecular weight excluding hydrogens is 258 g/mol. The third-order valence-corrected chi connectivity index (χ3v) is 5.59. The molecule has 0 bridgehead atoms. The molecule has 124 valence electrons. The van der Waals surface area contributed by atoms with E-state index >= 15 is 0 Å². The van der Waals surface area contributed by atoms with Gasteiger partial charge in [-0.3, -0.25) is 0 Å². The maximum Gasteiger partial charge on any atom is 0.0229 e. The van der Waals surface area contributed by atoms with Crippen molar-refractivity contribution in [1.82, 2.24) is 15.1 Å². The van der Waals surface area contributed by atoms with Crippen LogP contribution >= 0.6 is 0 Å². The number of hydrogen-bond donors (Lipinski definition) is 1.